The Kier molecular flexibility index (Phi) is 7.58. The van der Waals surface area contributed by atoms with Crippen LogP contribution in [0.1, 0.15) is 47.2 Å². The van der Waals surface area contributed by atoms with Crippen molar-refractivity contribution in [3.05, 3.63) is 258 Å². The zero-order valence-corrected chi connectivity index (χ0v) is 37.7. The Morgan fingerprint density at radius 1 is 0.426 bits per heavy atom. The van der Waals surface area contributed by atoms with Crippen LogP contribution in [0.15, 0.2) is 229 Å². The zero-order valence-electron chi connectivity index (χ0n) is 37.7. The van der Waals surface area contributed by atoms with Crippen LogP contribution in [-0.4, -0.2) is 6.85 Å². The molecule has 4 heterocycles. The van der Waals surface area contributed by atoms with Gasteiger partial charge in [0, 0.05) is 38.8 Å². The van der Waals surface area contributed by atoms with Gasteiger partial charge in [-0.05, 0) is 102 Å². The number of hydrogen-bond acceptors (Lipinski definition) is 3. The summed E-state index contributed by atoms with van der Waals surface area (Å²) in [7, 11) is 0. The molecule has 0 bridgehead atoms. The molecule has 10 aromatic carbocycles. The highest BCUT2D eigenvalue weighted by Crippen LogP contribution is 2.61. The molecule has 0 radical (unpaired) electrons. The molecule has 3 aliphatic heterocycles. The normalized spacial score (nSPS) is 15.1. The van der Waals surface area contributed by atoms with E-state index in [1.807, 2.05) is 0 Å². The van der Waals surface area contributed by atoms with Crippen molar-refractivity contribution in [2.45, 2.75) is 24.7 Å². The van der Waals surface area contributed by atoms with E-state index < -0.39 is 5.41 Å². The molecule has 15 rings (SSSR count). The fraction of sp³-hybridized carbons (Fsp3) is 0.0625. The number of furan rings is 1. The lowest BCUT2D eigenvalue weighted by molar-refractivity contribution is 0.661. The number of para-hydroxylation sites is 3. The van der Waals surface area contributed by atoms with Crippen LogP contribution in [0.2, 0.25) is 0 Å². The highest BCUT2D eigenvalue weighted by Gasteiger charge is 2.54. The topological polar surface area (TPSA) is 19.6 Å². The van der Waals surface area contributed by atoms with Crippen LogP contribution in [-0.2, 0) is 10.8 Å². The van der Waals surface area contributed by atoms with Gasteiger partial charge < -0.3 is 14.1 Å². The molecule has 1 aliphatic carbocycles. The monoisotopic (exact) mass is 866 g/mol. The number of fused-ring (bicyclic) bond motifs is 13. The molecule has 11 aromatic rings. The summed E-state index contributed by atoms with van der Waals surface area (Å²) < 4.78 is 7.27. The molecule has 3 nitrogen and oxygen atoms in total. The number of rotatable bonds is 4. The quantitative estimate of drug-likeness (QED) is 0.164. The lowest BCUT2D eigenvalue weighted by atomic mass is 9.42. The first-order valence-electron chi connectivity index (χ1n) is 23.9. The van der Waals surface area contributed by atoms with Crippen molar-refractivity contribution in [2.24, 2.45) is 0 Å². The highest BCUT2D eigenvalue weighted by atomic mass is 16.3. The second-order valence-corrected chi connectivity index (χ2v) is 19.5. The van der Waals surface area contributed by atoms with Crippen molar-refractivity contribution in [3.8, 4) is 33.4 Å². The van der Waals surface area contributed by atoms with Crippen molar-refractivity contribution in [2.75, 3.05) is 9.71 Å². The van der Waals surface area contributed by atoms with Crippen molar-refractivity contribution < 1.29 is 4.42 Å². The Labute approximate surface area is 396 Å². The summed E-state index contributed by atoms with van der Waals surface area (Å²) in [5.41, 5.74) is 24.4. The van der Waals surface area contributed by atoms with Gasteiger partial charge in [-0.1, -0.05) is 208 Å². The maximum atomic E-state index is 7.27. The maximum Gasteiger partial charge on any atom is 0.333 e. The molecule has 0 saturated heterocycles. The van der Waals surface area contributed by atoms with E-state index >= 15 is 0 Å². The second-order valence-electron chi connectivity index (χ2n) is 19.5. The van der Waals surface area contributed by atoms with Gasteiger partial charge in [-0.2, -0.15) is 0 Å². The van der Waals surface area contributed by atoms with E-state index in [9.17, 15) is 0 Å². The minimum atomic E-state index is -0.640. The van der Waals surface area contributed by atoms with E-state index in [4.69, 9.17) is 4.42 Å². The SMILES string of the molecule is CC1(C)c2ccccc2-c2cccc(N3B4c5cccc6c5N(c5ccccc5C6(c5ccccc5)c5ccccc5)c5c4c(cc4c5oc5ccccc54)-c4ccc(-c5ccccc5)cc43)c21. The van der Waals surface area contributed by atoms with Crippen molar-refractivity contribution in [3.63, 3.8) is 0 Å². The van der Waals surface area contributed by atoms with Crippen molar-refractivity contribution >= 4 is 68.1 Å². The van der Waals surface area contributed by atoms with E-state index in [0.29, 0.717) is 0 Å². The van der Waals surface area contributed by atoms with Crippen LogP contribution in [0.4, 0.5) is 28.4 Å². The molecule has 68 heavy (non-hydrogen) atoms. The number of hydrogen-bond donors (Lipinski definition) is 0. The van der Waals surface area contributed by atoms with E-state index in [0.717, 1.165) is 33.3 Å². The van der Waals surface area contributed by atoms with Crippen molar-refractivity contribution in [1.29, 1.82) is 0 Å². The molecule has 0 spiro atoms. The summed E-state index contributed by atoms with van der Waals surface area (Å²) in [6.07, 6.45) is 0. The average molecular weight is 867 g/mol. The lowest BCUT2D eigenvalue weighted by Gasteiger charge is -2.52. The molecule has 0 N–H and O–H groups in total. The molecule has 1 aromatic heterocycles. The summed E-state index contributed by atoms with van der Waals surface area (Å²) in [5, 5.41) is 2.24. The van der Waals surface area contributed by atoms with E-state index in [1.165, 1.54) is 94.7 Å². The van der Waals surface area contributed by atoms with Gasteiger partial charge >= 0.3 is 6.85 Å². The summed E-state index contributed by atoms with van der Waals surface area (Å²) >= 11 is 0. The largest absolute Gasteiger partial charge is 0.454 e. The summed E-state index contributed by atoms with van der Waals surface area (Å²) in [6, 6.07) is 83.8. The first kappa shape index (κ1) is 37.8. The molecule has 318 valence electrons. The van der Waals surface area contributed by atoms with Gasteiger partial charge in [-0.15, -0.1) is 0 Å². The Bertz CT molecular complexity index is 3870. The fourth-order valence-corrected chi connectivity index (χ4v) is 13.2. The molecule has 0 saturated carbocycles. The highest BCUT2D eigenvalue weighted by molar-refractivity contribution is 6.94. The van der Waals surface area contributed by atoms with E-state index in [2.05, 4.69) is 248 Å². The third kappa shape index (κ3) is 4.74. The summed E-state index contributed by atoms with van der Waals surface area (Å²) in [4.78, 5) is 5.33. The van der Waals surface area contributed by atoms with Gasteiger partial charge in [0.25, 0.3) is 0 Å². The minimum Gasteiger partial charge on any atom is -0.454 e. The van der Waals surface area contributed by atoms with Gasteiger partial charge in [0.15, 0.2) is 5.58 Å². The standard InChI is InChI=1S/C64H43BN2O/c1-63(2)50-29-14-12-26-44(50)47-28-18-34-55(58(47)63)67-56-38-41(40-20-6-3-7-21-40)36-37-45(56)48-39-49-46-27-13-17-35-57(46)68-62(49)61-59(48)65(67)53-32-19-31-52-60(53)66(61)54-33-16-15-30-51(54)64(52,42-22-8-4-9-23-42)43-24-10-5-11-25-43/h3-39H,1-2H3. The van der Waals surface area contributed by atoms with E-state index in [1.54, 1.807) is 0 Å². The summed E-state index contributed by atoms with van der Waals surface area (Å²) in [6.45, 7) is 4.60. The zero-order chi connectivity index (χ0) is 44.9. The van der Waals surface area contributed by atoms with Crippen molar-refractivity contribution in [1.82, 2.24) is 0 Å². The third-order valence-corrected chi connectivity index (χ3v) is 15.9. The van der Waals surface area contributed by atoms with Crippen LogP contribution in [0.25, 0.3) is 55.3 Å². The predicted molar refractivity (Wildman–Crippen MR) is 282 cm³/mol. The first-order valence-corrected chi connectivity index (χ1v) is 23.9. The predicted octanol–water partition coefficient (Wildman–Crippen LogP) is 15.0. The second kappa shape index (κ2) is 13.6. The van der Waals surface area contributed by atoms with Gasteiger partial charge in [0.05, 0.1) is 16.8 Å². The first-order chi connectivity index (χ1) is 33.5. The summed E-state index contributed by atoms with van der Waals surface area (Å²) in [5.74, 6) is 0. The molecule has 0 atom stereocenters. The number of benzene rings is 10. The Balaban J connectivity index is 1.14. The molecular weight excluding hydrogens is 824 g/mol. The Morgan fingerprint density at radius 3 is 1.85 bits per heavy atom. The molecular formula is C64H43BN2O. The average Bonchev–Trinajstić information content (AvgIpc) is 3.89. The third-order valence-electron chi connectivity index (χ3n) is 15.9. The van der Waals surface area contributed by atoms with Crippen LogP contribution in [0.3, 0.4) is 0 Å². The molecule has 0 amide bonds. The van der Waals surface area contributed by atoms with Crippen LogP contribution < -0.4 is 20.6 Å². The smallest absolute Gasteiger partial charge is 0.333 e. The molecule has 4 heteroatoms. The number of nitrogens with zero attached hydrogens (tertiary/aromatic N) is 2. The van der Waals surface area contributed by atoms with Crippen LogP contribution in [0.5, 0.6) is 0 Å². The fourth-order valence-electron chi connectivity index (χ4n) is 13.2. The lowest BCUT2D eigenvalue weighted by Crippen LogP contribution is -2.63. The van der Waals surface area contributed by atoms with Gasteiger partial charge in [0.1, 0.15) is 5.58 Å². The minimum absolute atomic E-state index is 0.233. The maximum absolute atomic E-state index is 7.27. The Morgan fingerprint density at radius 2 is 1.06 bits per heavy atom. The van der Waals surface area contributed by atoms with Crippen LogP contribution in [0, 0.1) is 0 Å². The van der Waals surface area contributed by atoms with Crippen LogP contribution >= 0.6 is 0 Å². The van der Waals surface area contributed by atoms with Gasteiger partial charge in [0.2, 0.25) is 0 Å². The molecule has 4 aliphatic rings. The molecule has 0 fully saturated rings. The number of anilines is 5. The van der Waals surface area contributed by atoms with E-state index in [-0.39, 0.29) is 12.3 Å². The van der Waals surface area contributed by atoms with Gasteiger partial charge in [-0.25, -0.2) is 0 Å². The Hall–Kier alpha value is -8.34. The van der Waals surface area contributed by atoms with Gasteiger partial charge in [-0.3, -0.25) is 0 Å². The molecule has 0 unspecified atom stereocenters.